The predicted octanol–water partition coefficient (Wildman–Crippen LogP) is 8.15. The fourth-order valence-corrected chi connectivity index (χ4v) is 13.5. The molecule has 2 heterocycles. The van der Waals surface area contributed by atoms with Gasteiger partial charge in [0.15, 0.2) is 0 Å². The highest BCUT2D eigenvalue weighted by Crippen LogP contribution is 2.71. The summed E-state index contributed by atoms with van der Waals surface area (Å²) in [5, 5.41) is 3.70. The number of nitrogens with zero attached hydrogens (tertiary/aromatic N) is 3. The highest BCUT2D eigenvalue weighted by atomic mass is 16.2. The van der Waals surface area contributed by atoms with Crippen molar-refractivity contribution in [3.8, 4) is 11.3 Å². The number of carbonyl (C=O) groups excluding carboxylic acids is 1. The van der Waals surface area contributed by atoms with E-state index in [4.69, 9.17) is 10.7 Å². The molecule has 6 fully saturated rings. The molecule has 1 saturated heterocycles. The summed E-state index contributed by atoms with van der Waals surface area (Å²) in [6, 6.07) is 10.9. The second-order valence-electron chi connectivity index (χ2n) is 18.4. The van der Waals surface area contributed by atoms with Crippen molar-refractivity contribution in [2.45, 2.75) is 136 Å². The number of imidazole rings is 1. The van der Waals surface area contributed by atoms with Crippen LogP contribution in [0.2, 0.25) is 0 Å². The van der Waals surface area contributed by atoms with E-state index >= 15 is 0 Å². The number of likely N-dealkylation sites (tertiary alicyclic amines) is 1. The average molecular weight is 654 g/mol. The van der Waals surface area contributed by atoms with Gasteiger partial charge in [-0.25, -0.2) is 4.98 Å². The number of benzene rings is 1. The molecule has 1 amide bonds. The number of nitrogens with two attached hydrogens (primary N) is 1. The molecule has 3 N–H and O–H groups in total. The molecule has 5 aliphatic carbocycles. The highest BCUT2D eigenvalue weighted by Gasteiger charge is 2.65. The number of amides is 1. The minimum Gasteiger partial charge on any atom is -0.344 e. The number of nitrogens with one attached hydrogen (secondary N) is 1. The Morgan fingerprint density at radius 3 is 2.38 bits per heavy atom. The van der Waals surface area contributed by atoms with Crippen molar-refractivity contribution in [3.05, 3.63) is 42.4 Å². The van der Waals surface area contributed by atoms with E-state index in [1.165, 1.54) is 90.1 Å². The Hall–Kier alpha value is -2.18. The monoisotopic (exact) mass is 654 g/mol. The molecule has 9 unspecified atom stereocenters. The van der Waals surface area contributed by atoms with E-state index in [1.54, 1.807) is 0 Å². The third kappa shape index (κ3) is 5.24. The molecule has 0 spiro atoms. The van der Waals surface area contributed by atoms with Crippen molar-refractivity contribution < 1.29 is 4.79 Å². The summed E-state index contributed by atoms with van der Waals surface area (Å²) in [5.41, 5.74) is 8.95. The van der Waals surface area contributed by atoms with Crippen LogP contribution >= 0.6 is 0 Å². The van der Waals surface area contributed by atoms with E-state index in [9.17, 15) is 4.79 Å². The summed E-state index contributed by atoms with van der Waals surface area (Å²) >= 11 is 0. The molecule has 6 nitrogen and oxygen atoms in total. The molecule has 6 aliphatic rings. The molecule has 1 aromatic carbocycles. The van der Waals surface area contributed by atoms with Crippen LogP contribution in [-0.4, -0.2) is 46.0 Å². The van der Waals surface area contributed by atoms with Crippen LogP contribution in [0.25, 0.3) is 11.3 Å². The Balaban J connectivity index is 1.04. The molecule has 5 saturated carbocycles. The van der Waals surface area contributed by atoms with Crippen LogP contribution in [0.4, 0.5) is 0 Å². The topological polar surface area (TPSA) is 76.2 Å². The van der Waals surface area contributed by atoms with Crippen molar-refractivity contribution in [1.82, 2.24) is 19.8 Å². The van der Waals surface area contributed by atoms with Gasteiger partial charge in [0.25, 0.3) is 0 Å². The molecular formula is C42H63N5O. The van der Waals surface area contributed by atoms with Crippen LogP contribution < -0.4 is 11.1 Å². The predicted molar refractivity (Wildman–Crippen MR) is 194 cm³/mol. The zero-order valence-electron chi connectivity index (χ0n) is 30.5. The van der Waals surface area contributed by atoms with Gasteiger partial charge in [-0.2, -0.15) is 0 Å². The molecule has 0 bridgehead atoms. The average Bonchev–Trinajstić information content (AvgIpc) is 3.84. The van der Waals surface area contributed by atoms with Crippen LogP contribution in [0.5, 0.6) is 0 Å². The first-order valence-corrected chi connectivity index (χ1v) is 20.0. The van der Waals surface area contributed by atoms with Gasteiger partial charge in [-0.3, -0.25) is 4.79 Å². The summed E-state index contributed by atoms with van der Waals surface area (Å²) in [5.74, 6) is 4.73. The first-order valence-electron chi connectivity index (χ1n) is 20.0. The van der Waals surface area contributed by atoms with Gasteiger partial charge in [0.05, 0.1) is 16.6 Å². The first-order chi connectivity index (χ1) is 23.1. The number of hydrogen-bond donors (Lipinski definition) is 2. The zero-order valence-corrected chi connectivity index (χ0v) is 30.5. The van der Waals surface area contributed by atoms with E-state index in [2.05, 4.69) is 79.0 Å². The molecule has 8 rings (SSSR count). The fourth-order valence-electron chi connectivity index (χ4n) is 13.5. The van der Waals surface area contributed by atoms with Gasteiger partial charge in [0.2, 0.25) is 5.91 Å². The van der Waals surface area contributed by atoms with Gasteiger partial charge in [-0.1, -0.05) is 57.0 Å². The van der Waals surface area contributed by atoms with Gasteiger partial charge in [-0.15, -0.1) is 0 Å². The number of rotatable bonds is 7. The Labute approximate surface area is 290 Å². The normalized spacial score (nSPS) is 39.7. The minimum absolute atomic E-state index is 0.231. The van der Waals surface area contributed by atoms with Gasteiger partial charge >= 0.3 is 0 Å². The summed E-state index contributed by atoms with van der Waals surface area (Å²) in [6.45, 7) is 14.0. The summed E-state index contributed by atoms with van der Waals surface area (Å²) in [4.78, 5) is 22.7. The van der Waals surface area contributed by atoms with Crippen molar-refractivity contribution in [2.24, 2.45) is 51.6 Å². The molecule has 1 aliphatic heterocycles. The maximum Gasteiger partial charge on any atom is 0.227 e. The molecule has 6 heteroatoms. The molecule has 2 aromatic rings. The van der Waals surface area contributed by atoms with Gasteiger partial charge in [-0.05, 0) is 144 Å². The Kier molecular flexibility index (Phi) is 8.42. The van der Waals surface area contributed by atoms with Crippen molar-refractivity contribution in [2.75, 3.05) is 19.6 Å². The van der Waals surface area contributed by atoms with E-state index < -0.39 is 5.54 Å². The Morgan fingerprint density at radius 1 is 0.854 bits per heavy atom. The number of carbonyl (C=O) groups is 1. The standard InChI is InChI=1S/C42H63N5O/c1-39(2,37-44-35(29-12-6-5-7-13-29)28-47(37)27-26-46-24-8-9-25-46)45-38(48)42-21-10-14-32(42)30-16-17-36-40(3)20-11-15-34(43)33(40)18-22-41(36,4)31(30)19-23-42/h5-7,12-13,28,30-34,36H,8-11,14-27,43H2,1-4H3,(H,45,48). The SMILES string of the molecule is CC(C)(NC(=O)C12CCCC1C1CCC3C4(C)CCCC(N)C4CCC3(C)C1CC2)c1nc(-c2ccccc2)cn1CCN1CCCC1. The number of hydrogen-bond acceptors (Lipinski definition) is 4. The lowest BCUT2D eigenvalue weighted by atomic mass is 9.38. The lowest BCUT2D eigenvalue weighted by Crippen LogP contribution is -2.63. The first kappa shape index (κ1) is 33.0. The summed E-state index contributed by atoms with van der Waals surface area (Å²) in [6.07, 6.45) is 19.8. The lowest BCUT2D eigenvalue weighted by molar-refractivity contribution is -0.181. The maximum absolute atomic E-state index is 14.9. The van der Waals surface area contributed by atoms with Gasteiger partial charge in [0, 0.05) is 30.9 Å². The minimum atomic E-state index is -0.565. The fraction of sp³-hybridized carbons (Fsp3) is 0.762. The smallest absolute Gasteiger partial charge is 0.227 e. The third-order valence-corrected chi connectivity index (χ3v) is 15.8. The van der Waals surface area contributed by atoms with E-state index in [1.807, 2.05) is 0 Å². The molecule has 1 aromatic heterocycles. The van der Waals surface area contributed by atoms with Gasteiger partial charge in [0.1, 0.15) is 5.82 Å². The molecule has 0 radical (unpaired) electrons. The van der Waals surface area contributed by atoms with Crippen molar-refractivity contribution in [1.29, 1.82) is 0 Å². The second kappa shape index (κ2) is 12.2. The number of aromatic nitrogens is 2. The summed E-state index contributed by atoms with van der Waals surface area (Å²) < 4.78 is 2.35. The molecular weight excluding hydrogens is 590 g/mol. The van der Waals surface area contributed by atoms with Crippen molar-refractivity contribution in [3.63, 3.8) is 0 Å². The quantitative estimate of drug-likeness (QED) is 0.316. The largest absolute Gasteiger partial charge is 0.344 e. The highest BCUT2D eigenvalue weighted by molar-refractivity contribution is 5.84. The second-order valence-corrected chi connectivity index (χ2v) is 18.4. The van der Waals surface area contributed by atoms with Crippen LogP contribution in [0.3, 0.4) is 0 Å². The Bertz CT molecular complexity index is 1480. The third-order valence-electron chi connectivity index (χ3n) is 15.8. The van der Waals surface area contributed by atoms with E-state index in [0.717, 1.165) is 54.8 Å². The van der Waals surface area contributed by atoms with E-state index in [-0.39, 0.29) is 5.41 Å². The summed E-state index contributed by atoms with van der Waals surface area (Å²) in [7, 11) is 0. The van der Waals surface area contributed by atoms with Crippen molar-refractivity contribution >= 4 is 5.91 Å². The molecule has 262 valence electrons. The van der Waals surface area contributed by atoms with Crippen LogP contribution in [0.1, 0.15) is 123 Å². The van der Waals surface area contributed by atoms with Crippen LogP contribution in [0, 0.1) is 45.8 Å². The Morgan fingerprint density at radius 2 is 1.58 bits per heavy atom. The number of fused-ring (bicyclic) bond motifs is 7. The molecule has 9 atom stereocenters. The van der Waals surface area contributed by atoms with Gasteiger partial charge < -0.3 is 20.5 Å². The zero-order chi connectivity index (χ0) is 33.3. The lowest BCUT2D eigenvalue weighted by Gasteiger charge is -2.67. The van der Waals surface area contributed by atoms with Crippen LogP contribution in [0.15, 0.2) is 36.5 Å². The van der Waals surface area contributed by atoms with Crippen LogP contribution in [-0.2, 0) is 16.9 Å². The van der Waals surface area contributed by atoms with E-state index in [0.29, 0.717) is 40.5 Å². The molecule has 48 heavy (non-hydrogen) atoms. The maximum atomic E-state index is 14.9.